The molecule has 82 valence electrons. The molecule has 1 N–H and O–H groups in total. The number of anilines is 1. The van der Waals surface area contributed by atoms with Crippen LogP contribution in [0.3, 0.4) is 0 Å². The maximum absolute atomic E-state index is 4.12. The predicted molar refractivity (Wildman–Crippen MR) is 65.3 cm³/mol. The van der Waals surface area contributed by atoms with E-state index in [1.54, 1.807) is 0 Å². The van der Waals surface area contributed by atoms with Crippen molar-refractivity contribution in [3.05, 3.63) is 17.8 Å². The van der Waals surface area contributed by atoms with Crippen molar-refractivity contribution in [3.63, 3.8) is 0 Å². The van der Waals surface area contributed by atoms with Crippen LogP contribution in [0.1, 0.15) is 25.0 Å². The van der Waals surface area contributed by atoms with Gasteiger partial charge in [0, 0.05) is 11.3 Å². The normalized spacial score (nSPS) is 25.5. The number of aryl methyl sites for hydroxylation is 1. The second-order valence-corrected chi connectivity index (χ2v) is 5.21. The highest BCUT2D eigenvalue weighted by molar-refractivity contribution is 7.99. The highest BCUT2D eigenvalue weighted by Crippen LogP contribution is 2.29. The summed E-state index contributed by atoms with van der Waals surface area (Å²) < 4.78 is 0. The summed E-state index contributed by atoms with van der Waals surface area (Å²) in [4.78, 5) is 0. The number of hydrogen-bond donors (Lipinski definition) is 1. The molecule has 0 radical (unpaired) electrons. The van der Waals surface area contributed by atoms with E-state index in [2.05, 4.69) is 21.8 Å². The lowest BCUT2D eigenvalue weighted by Gasteiger charge is -2.12. The minimum absolute atomic E-state index is 0.583. The number of rotatable bonds is 3. The second-order valence-electron chi connectivity index (χ2n) is 4.07. The van der Waals surface area contributed by atoms with E-state index in [4.69, 9.17) is 0 Å². The predicted octanol–water partition coefficient (Wildman–Crippen LogP) is 2.48. The smallest absolute Gasteiger partial charge is 0.148 e. The summed E-state index contributed by atoms with van der Waals surface area (Å²) in [5, 5.41) is 12.4. The first-order valence-electron chi connectivity index (χ1n) is 5.37. The van der Waals surface area contributed by atoms with Gasteiger partial charge >= 0.3 is 0 Å². The minimum atomic E-state index is 0.583. The van der Waals surface area contributed by atoms with Crippen molar-refractivity contribution >= 4 is 17.6 Å². The molecule has 4 heteroatoms. The molecule has 3 nitrogen and oxygen atoms in total. The fourth-order valence-electron chi connectivity index (χ4n) is 1.97. The average molecular weight is 223 g/mol. The fourth-order valence-corrected chi connectivity index (χ4v) is 2.77. The highest BCUT2D eigenvalue weighted by Gasteiger charge is 2.23. The molecular formula is C11H17N3S. The van der Waals surface area contributed by atoms with Crippen LogP contribution in [-0.4, -0.2) is 27.7 Å². The molecule has 1 aliphatic rings. The van der Waals surface area contributed by atoms with Gasteiger partial charge < -0.3 is 5.32 Å². The zero-order valence-corrected chi connectivity index (χ0v) is 10.0. The van der Waals surface area contributed by atoms with Crippen LogP contribution in [0.15, 0.2) is 12.1 Å². The van der Waals surface area contributed by atoms with Crippen LogP contribution in [0.4, 0.5) is 5.82 Å². The average Bonchev–Trinajstić information content (AvgIpc) is 2.69. The molecular weight excluding hydrogens is 206 g/mol. The van der Waals surface area contributed by atoms with E-state index in [-0.39, 0.29) is 0 Å². The molecule has 0 aromatic carbocycles. The molecule has 2 rings (SSSR count). The van der Waals surface area contributed by atoms with Gasteiger partial charge in [-0.25, -0.2) is 0 Å². The molecule has 0 saturated heterocycles. The van der Waals surface area contributed by atoms with Gasteiger partial charge in [0.25, 0.3) is 0 Å². The molecule has 1 heterocycles. The zero-order chi connectivity index (χ0) is 10.7. The Morgan fingerprint density at radius 3 is 2.80 bits per heavy atom. The standard InChI is InChI=1S/C11H17N3S/c1-8-3-6-11(14-13-8)12-9-4-5-10(7-9)15-2/h3,6,9-10H,4-5,7H2,1-2H3,(H,12,14). The Morgan fingerprint density at radius 2 is 2.20 bits per heavy atom. The lowest BCUT2D eigenvalue weighted by molar-refractivity contribution is 0.746. The van der Waals surface area contributed by atoms with Crippen LogP contribution in [0.25, 0.3) is 0 Å². The Labute approximate surface area is 95.1 Å². The third kappa shape index (κ3) is 2.84. The van der Waals surface area contributed by atoms with E-state index in [1.807, 2.05) is 30.8 Å². The third-order valence-electron chi connectivity index (χ3n) is 2.87. The lowest BCUT2D eigenvalue weighted by Crippen LogP contribution is -2.17. The zero-order valence-electron chi connectivity index (χ0n) is 9.23. The first kappa shape index (κ1) is 10.7. The van der Waals surface area contributed by atoms with Gasteiger partial charge in [-0.3, -0.25) is 0 Å². The summed E-state index contributed by atoms with van der Waals surface area (Å²) in [6.07, 6.45) is 6.01. The fraction of sp³-hybridized carbons (Fsp3) is 0.636. The monoisotopic (exact) mass is 223 g/mol. The van der Waals surface area contributed by atoms with Gasteiger partial charge in [-0.05, 0) is 44.6 Å². The van der Waals surface area contributed by atoms with Crippen molar-refractivity contribution < 1.29 is 0 Å². The largest absolute Gasteiger partial charge is 0.366 e. The van der Waals surface area contributed by atoms with Gasteiger partial charge in [-0.15, -0.1) is 5.10 Å². The number of hydrogen-bond acceptors (Lipinski definition) is 4. The van der Waals surface area contributed by atoms with Gasteiger partial charge in [0.2, 0.25) is 0 Å². The maximum atomic E-state index is 4.12. The van der Waals surface area contributed by atoms with Crippen molar-refractivity contribution in [2.24, 2.45) is 0 Å². The van der Waals surface area contributed by atoms with Crippen LogP contribution in [-0.2, 0) is 0 Å². The first-order chi connectivity index (χ1) is 7.28. The molecule has 0 spiro atoms. The van der Waals surface area contributed by atoms with Gasteiger partial charge in [0.15, 0.2) is 0 Å². The van der Waals surface area contributed by atoms with Crippen LogP contribution in [0.2, 0.25) is 0 Å². The topological polar surface area (TPSA) is 37.8 Å². The van der Waals surface area contributed by atoms with Gasteiger partial charge in [0.1, 0.15) is 5.82 Å². The van der Waals surface area contributed by atoms with Crippen LogP contribution in [0.5, 0.6) is 0 Å². The molecule has 1 aliphatic carbocycles. The summed E-state index contributed by atoms with van der Waals surface area (Å²) in [7, 11) is 0. The van der Waals surface area contributed by atoms with Crippen LogP contribution in [0, 0.1) is 6.92 Å². The van der Waals surface area contributed by atoms with E-state index in [9.17, 15) is 0 Å². The Kier molecular flexibility index (Phi) is 3.46. The molecule has 0 bridgehead atoms. The van der Waals surface area contributed by atoms with Crippen molar-refractivity contribution in [1.82, 2.24) is 10.2 Å². The van der Waals surface area contributed by atoms with E-state index in [1.165, 1.54) is 19.3 Å². The highest BCUT2D eigenvalue weighted by atomic mass is 32.2. The Balaban J connectivity index is 1.90. The molecule has 15 heavy (non-hydrogen) atoms. The first-order valence-corrected chi connectivity index (χ1v) is 6.66. The van der Waals surface area contributed by atoms with Gasteiger partial charge in [-0.2, -0.15) is 16.9 Å². The second kappa shape index (κ2) is 4.84. The summed E-state index contributed by atoms with van der Waals surface area (Å²) in [6, 6.07) is 4.59. The summed E-state index contributed by atoms with van der Waals surface area (Å²) >= 11 is 1.97. The summed E-state index contributed by atoms with van der Waals surface area (Å²) in [5.41, 5.74) is 0.967. The van der Waals surface area contributed by atoms with E-state index >= 15 is 0 Å². The molecule has 0 aliphatic heterocycles. The molecule has 0 amide bonds. The quantitative estimate of drug-likeness (QED) is 0.854. The van der Waals surface area contributed by atoms with E-state index in [0.29, 0.717) is 6.04 Å². The van der Waals surface area contributed by atoms with Crippen molar-refractivity contribution in [3.8, 4) is 0 Å². The third-order valence-corrected chi connectivity index (χ3v) is 3.96. The number of aromatic nitrogens is 2. The Morgan fingerprint density at radius 1 is 1.33 bits per heavy atom. The van der Waals surface area contributed by atoms with Crippen LogP contribution < -0.4 is 5.32 Å². The number of thioether (sulfide) groups is 1. The molecule has 1 aromatic rings. The van der Waals surface area contributed by atoms with Crippen molar-refractivity contribution in [2.75, 3.05) is 11.6 Å². The SMILES string of the molecule is CSC1CCC(Nc2ccc(C)nn2)C1. The van der Waals surface area contributed by atoms with Gasteiger partial charge in [-0.1, -0.05) is 0 Å². The summed E-state index contributed by atoms with van der Waals surface area (Å²) in [5.74, 6) is 0.910. The maximum Gasteiger partial charge on any atom is 0.148 e. The van der Waals surface area contributed by atoms with Crippen molar-refractivity contribution in [2.45, 2.75) is 37.5 Å². The molecule has 1 aromatic heterocycles. The lowest BCUT2D eigenvalue weighted by atomic mass is 10.2. The van der Waals surface area contributed by atoms with E-state index in [0.717, 1.165) is 16.8 Å². The number of nitrogens with one attached hydrogen (secondary N) is 1. The molecule has 2 atom stereocenters. The molecule has 1 saturated carbocycles. The minimum Gasteiger partial charge on any atom is -0.366 e. The van der Waals surface area contributed by atoms with E-state index < -0.39 is 0 Å². The number of nitrogens with zero attached hydrogens (tertiary/aromatic N) is 2. The van der Waals surface area contributed by atoms with Crippen molar-refractivity contribution in [1.29, 1.82) is 0 Å². The Hall–Kier alpha value is -0.770. The Bertz CT molecular complexity index is 312. The van der Waals surface area contributed by atoms with Gasteiger partial charge in [0.05, 0.1) is 5.69 Å². The van der Waals surface area contributed by atoms with Crippen LogP contribution >= 0.6 is 11.8 Å². The molecule has 2 unspecified atom stereocenters. The molecule has 1 fully saturated rings. The summed E-state index contributed by atoms with van der Waals surface area (Å²) in [6.45, 7) is 1.95.